The average molecular weight is 714 g/mol. The van der Waals surface area contributed by atoms with Gasteiger partial charge in [0, 0.05) is 38.0 Å². The SMILES string of the molecule is N#Cc1cc(C#N)c(-n2c3ccccc3c3c4oc5c(ccc6c5c5ccccc5n6-c5ccccc5)c4ccc32)cc1-n1c2ccccc2c2ccccc21. The highest BCUT2D eigenvalue weighted by molar-refractivity contribution is 6.29. The average Bonchev–Trinajstić information content (AvgIpc) is 3.99. The maximum absolute atomic E-state index is 10.7. The largest absolute Gasteiger partial charge is 0.455 e. The highest BCUT2D eigenvalue weighted by atomic mass is 16.3. The zero-order chi connectivity index (χ0) is 37.1. The van der Waals surface area contributed by atoms with Gasteiger partial charge >= 0.3 is 0 Å². The molecule has 0 aliphatic rings. The summed E-state index contributed by atoms with van der Waals surface area (Å²) in [7, 11) is 0. The minimum Gasteiger partial charge on any atom is -0.455 e. The van der Waals surface area contributed by atoms with Crippen molar-refractivity contribution in [1.82, 2.24) is 13.7 Å². The van der Waals surface area contributed by atoms with E-state index in [9.17, 15) is 10.5 Å². The second-order valence-corrected chi connectivity index (χ2v) is 14.3. The van der Waals surface area contributed by atoms with E-state index in [0.29, 0.717) is 22.5 Å². The third kappa shape index (κ3) is 3.92. The monoisotopic (exact) mass is 713 g/mol. The van der Waals surface area contributed by atoms with Crippen molar-refractivity contribution in [2.75, 3.05) is 0 Å². The van der Waals surface area contributed by atoms with Crippen LogP contribution in [0.25, 0.3) is 104 Å². The Hall–Kier alpha value is -8.06. The fraction of sp³-hybridized carbons (Fsp3) is 0. The van der Waals surface area contributed by atoms with Crippen LogP contribution in [0.5, 0.6) is 0 Å². The molecular weight excluding hydrogens is 687 g/mol. The van der Waals surface area contributed by atoms with Crippen LogP contribution < -0.4 is 0 Å². The summed E-state index contributed by atoms with van der Waals surface area (Å²) in [4.78, 5) is 0. The van der Waals surface area contributed by atoms with Crippen LogP contribution in [0.3, 0.4) is 0 Å². The quantitative estimate of drug-likeness (QED) is 0.183. The lowest BCUT2D eigenvalue weighted by Gasteiger charge is -2.16. The van der Waals surface area contributed by atoms with Gasteiger partial charge in [-0.3, -0.25) is 0 Å². The number of hydrogen-bond acceptors (Lipinski definition) is 3. The molecule has 12 rings (SSSR count). The highest BCUT2D eigenvalue weighted by Gasteiger charge is 2.24. The molecule has 8 aromatic carbocycles. The van der Waals surface area contributed by atoms with E-state index in [0.717, 1.165) is 93.0 Å². The van der Waals surface area contributed by atoms with E-state index >= 15 is 0 Å². The fourth-order valence-corrected chi connectivity index (χ4v) is 9.22. The Morgan fingerprint density at radius 2 is 0.768 bits per heavy atom. The van der Waals surface area contributed by atoms with E-state index in [2.05, 4.69) is 135 Å². The first-order chi connectivity index (χ1) is 27.7. The van der Waals surface area contributed by atoms with Gasteiger partial charge in [0.2, 0.25) is 0 Å². The molecule has 6 heteroatoms. The number of rotatable bonds is 3. The summed E-state index contributed by atoms with van der Waals surface area (Å²) in [5, 5.41) is 29.7. The summed E-state index contributed by atoms with van der Waals surface area (Å²) in [6.07, 6.45) is 0. The van der Waals surface area contributed by atoms with E-state index in [-0.39, 0.29) is 0 Å². The number of benzene rings is 8. The Bertz CT molecular complexity index is 3680. The maximum Gasteiger partial charge on any atom is 0.145 e. The normalized spacial score (nSPS) is 11.9. The van der Waals surface area contributed by atoms with Crippen LogP contribution >= 0.6 is 0 Å². The van der Waals surface area contributed by atoms with Crippen LogP contribution in [0.1, 0.15) is 11.1 Å². The van der Waals surface area contributed by atoms with E-state index < -0.39 is 0 Å². The Morgan fingerprint density at radius 3 is 1.29 bits per heavy atom. The lowest BCUT2D eigenvalue weighted by Crippen LogP contribution is -2.04. The summed E-state index contributed by atoms with van der Waals surface area (Å²) in [6.45, 7) is 0. The molecule has 4 heterocycles. The molecule has 0 amide bonds. The summed E-state index contributed by atoms with van der Waals surface area (Å²) >= 11 is 0. The topological polar surface area (TPSA) is 75.5 Å². The highest BCUT2D eigenvalue weighted by Crippen LogP contribution is 2.45. The van der Waals surface area contributed by atoms with Crippen LogP contribution in [0, 0.1) is 22.7 Å². The Balaban J connectivity index is 1.19. The molecule has 0 fully saturated rings. The van der Waals surface area contributed by atoms with Crippen LogP contribution in [-0.2, 0) is 0 Å². The summed E-state index contributed by atoms with van der Waals surface area (Å²) < 4.78 is 13.7. The lowest BCUT2D eigenvalue weighted by atomic mass is 10.1. The molecule has 0 aliphatic carbocycles. The smallest absolute Gasteiger partial charge is 0.145 e. The van der Waals surface area contributed by atoms with Crippen molar-refractivity contribution in [3.63, 3.8) is 0 Å². The van der Waals surface area contributed by atoms with Gasteiger partial charge in [0.05, 0.1) is 66.4 Å². The second kappa shape index (κ2) is 11.2. The standard InChI is InChI=1S/C50H27N5O/c51-28-30-26-31(29-52)46(27-45(30)54-39-18-8-4-14-33(39)34-15-5-9-19-40(34)54)55-42-21-11-7-17-38(42)48-44(55)25-23-36-35-22-24-43-47(49(35)56-50(36)48)37-16-6-10-20-41(37)53(43)32-12-2-1-3-13-32/h1-27H. The van der Waals surface area contributed by atoms with Crippen LogP contribution in [0.2, 0.25) is 0 Å². The molecule has 0 unspecified atom stereocenters. The van der Waals surface area contributed by atoms with Crippen LogP contribution in [0.4, 0.5) is 0 Å². The molecule has 258 valence electrons. The van der Waals surface area contributed by atoms with Gasteiger partial charge in [0.15, 0.2) is 0 Å². The molecule has 56 heavy (non-hydrogen) atoms. The zero-order valence-corrected chi connectivity index (χ0v) is 29.7. The van der Waals surface area contributed by atoms with Crippen molar-refractivity contribution in [2.45, 2.75) is 0 Å². The molecule has 0 N–H and O–H groups in total. The second-order valence-electron chi connectivity index (χ2n) is 14.3. The van der Waals surface area contributed by atoms with Gasteiger partial charge in [-0.2, -0.15) is 10.5 Å². The van der Waals surface area contributed by atoms with Crippen molar-refractivity contribution in [3.8, 4) is 29.2 Å². The van der Waals surface area contributed by atoms with Gasteiger partial charge in [-0.1, -0.05) is 91.0 Å². The number of fused-ring (bicyclic) bond motifs is 14. The van der Waals surface area contributed by atoms with Crippen molar-refractivity contribution in [3.05, 3.63) is 175 Å². The van der Waals surface area contributed by atoms with Gasteiger partial charge in [-0.05, 0) is 72.8 Å². The van der Waals surface area contributed by atoms with Crippen LogP contribution in [0.15, 0.2) is 168 Å². The zero-order valence-electron chi connectivity index (χ0n) is 29.7. The van der Waals surface area contributed by atoms with Crippen LogP contribution in [-0.4, -0.2) is 13.7 Å². The summed E-state index contributed by atoms with van der Waals surface area (Å²) in [5.74, 6) is 0. The number of aromatic nitrogens is 3. The predicted octanol–water partition coefficient (Wildman–Crippen LogP) is 12.6. The molecule has 6 nitrogen and oxygen atoms in total. The molecule has 0 spiro atoms. The maximum atomic E-state index is 10.7. The third-order valence-corrected chi connectivity index (χ3v) is 11.5. The Morgan fingerprint density at radius 1 is 0.357 bits per heavy atom. The number of para-hydroxylation sites is 5. The first kappa shape index (κ1) is 30.4. The van der Waals surface area contributed by atoms with Gasteiger partial charge in [-0.15, -0.1) is 0 Å². The number of nitriles is 2. The van der Waals surface area contributed by atoms with Gasteiger partial charge < -0.3 is 18.1 Å². The van der Waals surface area contributed by atoms with Gasteiger partial charge in [-0.25, -0.2) is 0 Å². The van der Waals surface area contributed by atoms with Crippen molar-refractivity contribution in [1.29, 1.82) is 10.5 Å². The molecule has 4 aromatic heterocycles. The first-order valence-electron chi connectivity index (χ1n) is 18.6. The van der Waals surface area contributed by atoms with E-state index in [1.165, 1.54) is 0 Å². The van der Waals surface area contributed by atoms with E-state index in [1.807, 2.05) is 48.5 Å². The predicted molar refractivity (Wildman–Crippen MR) is 226 cm³/mol. The van der Waals surface area contributed by atoms with Gasteiger partial charge in [0.25, 0.3) is 0 Å². The molecule has 0 saturated carbocycles. The Labute approximate surface area is 319 Å². The molecule has 0 atom stereocenters. The van der Waals surface area contributed by atoms with Gasteiger partial charge in [0.1, 0.15) is 23.3 Å². The lowest BCUT2D eigenvalue weighted by molar-refractivity contribution is 0.677. The first-order valence-corrected chi connectivity index (χ1v) is 18.6. The van der Waals surface area contributed by atoms with Crippen molar-refractivity contribution in [2.24, 2.45) is 0 Å². The Kier molecular flexibility index (Phi) is 6.10. The van der Waals surface area contributed by atoms with Crippen molar-refractivity contribution < 1.29 is 4.42 Å². The molecule has 12 aromatic rings. The summed E-state index contributed by atoms with van der Waals surface area (Å²) in [5.41, 5.74) is 11.0. The minimum atomic E-state index is 0.411. The molecule has 0 bridgehead atoms. The fourth-order valence-electron chi connectivity index (χ4n) is 9.22. The molecule has 0 aliphatic heterocycles. The summed E-state index contributed by atoms with van der Waals surface area (Å²) in [6, 6.07) is 61.0. The number of hydrogen-bond donors (Lipinski definition) is 0. The van der Waals surface area contributed by atoms with E-state index in [4.69, 9.17) is 4.42 Å². The molecule has 0 radical (unpaired) electrons. The molecule has 0 saturated heterocycles. The minimum absolute atomic E-state index is 0.411. The van der Waals surface area contributed by atoms with Crippen molar-refractivity contribution >= 4 is 87.4 Å². The number of furan rings is 1. The van der Waals surface area contributed by atoms with E-state index in [1.54, 1.807) is 6.07 Å². The number of nitrogens with zero attached hydrogens (tertiary/aromatic N) is 5. The molecular formula is C50H27N5O. The third-order valence-electron chi connectivity index (χ3n) is 11.5.